The molecule has 2 N–H and O–H groups in total. The second-order valence-corrected chi connectivity index (χ2v) is 7.23. The van der Waals surface area contributed by atoms with Gasteiger partial charge >= 0.3 is 0 Å². The van der Waals surface area contributed by atoms with Crippen molar-refractivity contribution in [1.29, 1.82) is 0 Å². The number of thiazole rings is 1. The quantitative estimate of drug-likeness (QED) is 0.940. The fourth-order valence-electron chi connectivity index (χ4n) is 3.20. The summed E-state index contributed by atoms with van der Waals surface area (Å²) < 4.78 is 0. The Hall–Kier alpha value is -1.72. The summed E-state index contributed by atoms with van der Waals surface area (Å²) in [5.74, 6) is 0.647. The zero-order valence-corrected chi connectivity index (χ0v) is 14.5. The first-order valence-corrected chi connectivity index (χ1v) is 9.00. The van der Waals surface area contributed by atoms with Crippen molar-refractivity contribution in [3.05, 3.63) is 40.9 Å². The number of nitrogens with zero attached hydrogens (tertiary/aromatic N) is 2. The number of aryl methyl sites for hydroxylation is 1. The Balaban J connectivity index is 1.82. The van der Waals surface area contributed by atoms with Crippen LogP contribution in [0, 0.1) is 12.8 Å². The van der Waals surface area contributed by atoms with Crippen LogP contribution >= 0.6 is 11.3 Å². The number of carbonyl (C=O) groups is 1. The van der Waals surface area contributed by atoms with Crippen LogP contribution in [0.5, 0.6) is 0 Å². The number of aromatic nitrogens is 1. The highest BCUT2D eigenvalue weighted by Gasteiger charge is 2.30. The molecule has 0 bridgehead atoms. The van der Waals surface area contributed by atoms with Gasteiger partial charge in [0, 0.05) is 30.1 Å². The molecule has 2 aromatic rings. The minimum absolute atomic E-state index is 0.0171. The molecule has 1 aliphatic rings. The van der Waals surface area contributed by atoms with E-state index < -0.39 is 0 Å². The summed E-state index contributed by atoms with van der Waals surface area (Å²) in [6, 6.07) is 8.26. The molecule has 1 aromatic carbocycles. The Morgan fingerprint density at radius 2 is 2.22 bits per heavy atom. The van der Waals surface area contributed by atoms with Crippen LogP contribution in [0.25, 0.3) is 10.6 Å². The number of rotatable bonds is 3. The maximum atomic E-state index is 12.8. The zero-order valence-electron chi connectivity index (χ0n) is 13.7. The maximum Gasteiger partial charge on any atom is 0.273 e. The van der Waals surface area contributed by atoms with Gasteiger partial charge in [-0.15, -0.1) is 11.3 Å². The van der Waals surface area contributed by atoms with Gasteiger partial charge in [-0.2, -0.15) is 0 Å². The SMILES string of the molecule is Cc1ccccc1-c1nc(C(=O)N2CCC(C)CC2CN)cs1. The molecule has 23 heavy (non-hydrogen) atoms. The van der Waals surface area contributed by atoms with Gasteiger partial charge in [-0.25, -0.2) is 4.98 Å². The lowest BCUT2D eigenvalue weighted by Gasteiger charge is -2.37. The highest BCUT2D eigenvalue weighted by molar-refractivity contribution is 7.13. The van der Waals surface area contributed by atoms with Gasteiger partial charge in [-0.05, 0) is 31.2 Å². The highest BCUT2D eigenvalue weighted by Crippen LogP contribution is 2.28. The summed E-state index contributed by atoms with van der Waals surface area (Å²) in [5, 5.41) is 2.77. The van der Waals surface area contributed by atoms with Crippen molar-refractivity contribution >= 4 is 17.2 Å². The molecule has 2 heterocycles. The molecule has 1 fully saturated rings. The number of piperidine rings is 1. The second kappa shape index (κ2) is 6.81. The summed E-state index contributed by atoms with van der Waals surface area (Å²) >= 11 is 1.53. The van der Waals surface area contributed by atoms with Crippen molar-refractivity contribution in [3.63, 3.8) is 0 Å². The molecule has 2 atom stereocenters. The predicted molar refractivity (Wildman–Crippen MR) is 94.6 cm³/mol. The number of benzene rings is 1. The third-order valence-corrected chi connectivity index (χ3v) is 5.49. The van der Waals surface area contributed by atoms with Crippen LogP contribution < -0.4 is 5.73 Å². The Morgan fingerprint density at radius 1 is 1.43 bits per heavy atom. The molecular formula is C18H23N3OS. The molecule has 1 aliphatic heterocycles. The van der Waals surface area contributed by atoms with E-state index in [1.54, 1.807) is 0 Å². The van der Waals surface area contributed by atoms with Crippen molar-refractivity contribution in [3.8, 4) is 10.6 Å². The average Bonchev–Trinajstić information content (AvgIpc) is 3.04. The van der Waals surface area contributed by atoms with Crippen LogP contribution in [0.4, 0.5) is 0 Å². The number of nitrogens with two attached hydrogens (primary N) is 1. The van der Waals surface area contributed by atoms with Gasteiger partial charge < -0.3 is 10.6 Å². The van der Waals surface area contributed by atoms with E-state index in [1.807, 2.05) is 28.5 Å². The fraction of sp³-hybridized carbons (Fsp3) is 0.444. The van der Waals surface area contributed by atoms with E-state index in [4.69, 9.17) is 5.73 Å². The maximum absolute atomic E-state index is 12.8. The number of likely N-dealkylation sites (tertiary alicyclic amines) is 1. The van der Waals surface area contributed by atoms with Crippen molar-refractivity contribution in [1.82, 2.24) is 9.88 Å². The Labute approximate surface area is 141 Å². The van der Waals surface area contributed by atoms with Gasteiger partial charge in [0.25, 0.3) is 5.91 Å². The molecule has 4 nitrogen and oxygen atoms in total. The molecule has 1 aromatic heterocycles. The molecule has 0 aliphatic carbocycles. The largest absolute Gasteiger partial charge is 0.333 e. The van der Waals surface area contributed by atoms with Crippen LogP contribution in [-0.4, -0.2) is 34.9 Å². The Morgan fingerprint density at radius 3 is 2.96 bits per heavy atom. The lowest BCUT2D eigenvalue weighted by Crippen LogP contribution is -2.49. The van der Waals surface area contributed by atoms with Crippen LogP contribution in [-0.2, 0) is 0 Å². The monoisotopic (exact) mass is 329 g/mol. The summed E-state index contributed by atoms with van der Waals surface area (Å²) in [6.45, 7) is 5.59. The standard InChI is InChI=1S/C18H23N3OS/c1-12-7-8-21(14(9-12)10-19)18(22)16-11-23-17(20-16)15-6-4-3-5-13(15)2/h3-6,11-12,14H,7-10,19H2,1-2H3. The van der Waals surface area contributed by atoms with Crippen molar-refractivity contribution in [2.24, 2.45) is 11.7 Å². The first-order valence-electron chi connectivity index (χ1n) is 8.12. The van der Waals surface area contributed by atoms with E-state index >= 15 is 0 Å². The average molecular weight is 329 g/mol. The topological polar surface area (TPSA) is 59.2 Å². The fourth-order valence-corrected chi connectivity index (χ4v) is 4.08. The number of carbonyl (C=O) groups excluding carboxylic acids is 1. The van der Waals surface area contributed by atoms with Gasteiger partial charge in [0.15, 0.2) is 0 Å². The number of hydrogen-bond acceptors (Lipinski definition) is 4. The van der Waals surface area contributed by atoms with Gasteiger partial charge in [0.2, 0.25) is 0 Å². The van der Waals surface area contributed by atoms with E-state index in [1.165, 1.54) is 16.9 Å². The molecule has 0 radical (unpaired) electrons. The van der Waals surface area contributed by atoms with E-state index in [9.17, 15) is 4.79 Å². The van der Waals surface area contributed by atoms with Crippen molar-refractivity contribution in [2.75, 3.05) is 13.1 Å². The number of amides is 1. The first kappa shape index (κ1) is 16.1. The second-order valence-electron chi connectivity index (χ2n) is 6.37. The Kier molecular flexibility index (Phi) is 4.78. The normalized spacial score (nSPS) is 21.4. The van der Waals surface area contributed by atoms with Crippen molar-refractivity contribution in [2.45, 2.75) is 32.7 Å². The molecule has 1 saturated heterocycles. The molecule has 0 saturated carbocycles. The van der Waals surface area contributed by atoms with Crippen LogP contribution in [0.3, 0.4) is 0 Å². The molecule has 122 valence electrons. The van der Waals surface area contributed by atoms with Crippen LogP contribution in [0.15, 0.2) is 29.6 Å². The van der Waals surface area contributed by atoms with Crippen molar-refractivity contribution < 1.29 is 4.79 Å². The predicted octanol–water partition coefficient (Wildman–Crippen LogP) is 3.32. The van der Waals surface area contributed by atoms with E-state index in [2.05, 4.69) is 24.9 Å². The minimum Gasteiger partial charge on any atom is -0.333 e. The first-order chi connectivity index (χ1) is 11.1. The molecule has 0 spiro atoms. The van der Waals surface area contributed by atoms with E-state index in [0.29, 0.717) is 18.2 Å². The lowest BCUT2D eigenvalue weighted by molar-refractivity contribution is 0.0568. The third kappa shape index (κ3) is 3.31. The van der Waals surface area contributed by atoms with Gasteiger partial charge in [0.05, 0.1) is 0 Å². The smallest absolute Gasteiger partial charge is 0.273 e. The minimum atomic E-state index is 0.0171. The van der Waals surface area contributed by atoms with Gasteiger partial charge in [0.1, 0.15) is 10.7 Å². The summed E-state index contributed by atoms with van der Waals surface area (Å²) in [5.41, 5.74) is 8.69. The van der Waals surface area contributed by atoms with Crippen LogP contribution in [0.1, 0.15) is 35.8 Å². The summed E-state index contributed by atoms with van der Waals surface area (Å²) in [4.78, 5) is 19.3. The van der Waals surface area contributed by atoms with Gasteiger partial charge in [-0.1, -0.05) is 31.2 Å². The van der Waals surface area contributed by atoms with Gasteiger partial charge in [-0.3, -0.25) is 4.79 Å². The third-order valence-electron chi connectivity index (χ3n) is 4.61. The zero-order chi connectivity index (χ0) is 16.4. The van der Waals surface area contributed by atoms with E-state index in [-0.39, 0.29) is 11.9 Å². The molecule has 2 unspecified atom stereocenters. The molecule has 5 heteroatoms. The molecule has 1 amide bonds. The summed E-state index contributed by atoms with van der Waals surface area (Å²) in [7, 11) is 0. The molecule has 3 rings (SSSR count). The van der Waals surface area contributed by atoms with E-state index in [0.717, 1.165) is 30.0 Å². The highest BCUT2D eigenvalue weighted by atomic mass is 32.1. The number of hydrogen-bond donors (Lipinski definition) is 1. The summed E-state index contributed by atoms with van der Waals surface area (Å²) in [6.07, 6.45) is 2.02. The molecular weight excluding hydrogens is 306 g/mol. The Bertz CT molecular complexity index is 697. The van der Waals surface area contributed by atoms with Crippen LogP contribution in [0.2, 0.25) is 0 Å². The lowest BCUT2D eigenvalue weighted by atomic mass is 9.92.